The third-order valence-electron chi connectivity index (χ3n) is 2.76. The maximum Gasteiger partial charge on any atom is 0.410 e. The van der Waals surface area contributed by atoms with Crippen molar-refractivity contribution in [3.63, 3.8) is 0 Å². The molecular formula is C9H12F3N3O. The van der Waals surface area contributed by atoms with Crippen LogP contribution in [0.5, 0.6) is 0 Å². The molecule has 0 amide bonds. The predicted molar refractivity (Wildman–Crippen MR) is 48.7 cm³/mol. The molecule has 1 aromatic rings. The Bertz CT molecular complexity index is 384. The first kappa shape index (κ1) is 11.4. The Morgan fingerprint density at radius 1 is 1.50 bits per heavy atom. The normalized spacial score (nSPS) is 18.8. The minimum absolute atomic E-state index is 0.0712. The van der Waals surface area contributed by atoms with Crippen LogP contribution in [-0.2, 0) is 6.61 Å². The molecule has 1 N–H and O–H groups in total. The topological polar surface area (TPSA) is 50.9 Å². The van der Waals surface area contributed by atoms with Crippen LogP contribution in [0.2, 0.25) is 0 Å². The maximum absolute atomic E-state index is 12.6. The van der Waals surface area contributed by atoms with Gasteiger partial charge in [-0.1, -0.05) is 5.21 Å². The van der Waals surface area contributed by atoms with Crippen molar-refractivity contribution in [2.24, 2.45) is 0 Å². The van der Waals surface area contributed by atoms with Crippen LogP contribution in [-0.4, -0.2) is 26.3 Å². The fraction of sp³-hybridized carbons (Fsp3) is 0.778. The molecule has 4 nitrogen and oxygen atoms in total. The molecule has 16 heavy (non-hydrogen) atoms. The summed E-state index contributed by atoms with van der Waals surface area (Å²) in [6, 6.07) is -1.70. The molecule has 90 valence electrons. The maximum atomic E-state index is 12.6. The van der Waals surface area contributed by atoms with Gasteiger partial charge in [0.15, 0.2) is 0 Å². The molecule has 1 aliphatic rings. The lowest BCUT2D eigenvalue weighted by atomic mass is 10.2. The largest absolute Gasteiger partial charge is 0.410 e. The SMILES string of the molecule is CC(n1nnc(CO)c1C1CC1)C(F)(F)F. The van der Waals surface area contributed by atoms with E-state index in [2.05, 4.69) is 10.3 Å². The number of nitrogens with zero attached hydrogens (tertiary/aromatic N) is 3. The van der Waals surface area contributed by atoms with Crippen molar-refractivity contribution in [2.45, 2.75) is 44.5 Å². The van der Waals surface area contributed by atoms with E-state index in [4.69, 9.17) is 5.11 Å². The molecule has 0 radical (unpaired) electrons. The predicted octanol–water partition coefficient (Wildman–Crippen LogP) is 1.77. The smallest absolute Gasteiger partial charge is 0.390 e. The van der Waals surface area contributed by atoms with E-state index < -0.39 is 12.2 Å². The van der Waals surface area contributed by atoms with Gasteiger partial charge in [0.2, 0.25) is 0 Å². The zero-order valence-electron chi connectivity index (χ0n) is 8.70. The Morgan fingerprint density at radius 2 is 2.12 bits per heavy atom. The third-order valence-corrected chi connectivity index (χ3v) is 2.76. The van der Waals surface area contributed by atoms with Crippen LogP contribution < -0.4 is 0 Å². The highest BCUT2D eigenvalue weighted by molar-refractivity contribution is 5.20. The van der Waals surface area contributed by atoms with Gasteiger partial charge in [-0.25, -0.2) is 4.68 Å². The number of hydrogen-bond donors (Lipinski definition) is 1. The van der Waals surface area contributed by atoms with E-state index >= 15 is 0 Å². The summed E-state index contributed by atoms with van der Waals surface area (Å²) >= 11 is 0. The quantitative estimate of drug-likeness (QED) is 0.868. The van der Waals surface area contributed by atoms with Crippen molar-refractivity contribution < 1.29 is 18.3 Å². The Morgan fingerprint density at radius 3 is 2.56 bits per heavy atom. The van der Waals surface area contributed by atoms with Gasteiger partial charge < -0.3 is 5.11 Å². The lowest BCUT2D eigenvalue weighted by Crippen LogP contribution is -2.26. The summed E-state index contributed by atoms with van der Waals surface area (Å²) in [6.07, 6.45) is -2.67. The second-order valence-corrected chi connectivity index (χ2v) is 4.02. The van der Waals surface area contributed by atoms with Gasteiger partial charge in [-0.2, -0.15) is 13.2 Å². The van der Waals surface area contributed by atoms with E-state index in [1.54, 1.807) is 0 Å². The Kier molecular flexibility index (Phi) is 2.65. The summed E-state index contributed by atoms with van der Waals surface area (Å²) in [5, 5.41) is 16.1. The molecule has 1 heterocycles. The second-order valence-electron chi connectivity index (χ2n) is 4.02. The van der Waals surface area contributed by atoms with Crippen molar-refractivity contribution >= 4 is 0 Å². The van der Waals surface area contributed by atoms with Crippen LogP contribution >= 0.6 is 0 Å². The van der Waals surface area contributed by atoms with Crippen LogP contribution in [0.25, 0.3) is 0 Å². The van der Waals surface area contributed by atoms with Crippen LogP contribution in [0, 0.1) is 0 Å². The lowest BCUT2D eigenvalue weighted by molar-refractivity contribution is -0.166. The molecule has 2 rings (SSSR count). The average Bonchev–Trinajstić information content (AvgIpc) is 2.95. The van der Waals surface area contributed by atoms with Crippen LogP contribution in [0.3, 0.4) is 0 Å². The molecule has 7 heteroatoms. The summed E-state index contributed by atoms with van der Waals surface area (Å²) in [5.41, 5.74) is 0.700. The van der Waals surface area contributed by atoms with Gasteiger partial charge in [0.05, 0.1) is 12.3 Å². The number of alkyl halides is 3. The van der Waals surface area contributed by atoms with Gasteiger partial charge in [-0.05, 0) is 19.8 Å². The number of rotatable bonds is 3. The lowest BCUT2D eigenvalue weighted by Gasteiger charge is -2.17. The fourth-order valence-electron chi connectivity index (χ4n) is 1.65. The van der Waals surface area contributed by atoms with Gasteiger partial charge in [-0.15, -0.1) is 5.10 Å². The van der Waals surface area contributed by atoms with Gasteiger partial charge in [0.1, 0.15) is 11.7 Å². The highest BCUT2D eigenvalue weighted by atomic mass is 19.4. The van der Waals surface area contributed by atoms with Gasteiger partial charge in [-0.3, -0.25) is 0 Å². The Labute approximate surface area is 90.1 Å². The van der Waals surface area contributed by atoms with E-state index in [9.17, 15) is 13.2 Å². The van der Waals surface area contributed by atoms with Gasteiger partial charge in [0.25, 0.3) is 0 Å². The first-order chi connectivity index (χ1) is 7.45. The molecule has 1 saturated carbocycles. The molecule has 1 aliphatic carbocycles. The molecule has 0 spiro atoms. The van der Waals surface area contributed by atoms with Crippen molar-refractivity contribution in [1.82, 2.24) is 15.0 Å². The van der Waals surface area contributed by atoms with Gasteiger partial charge in [0, 0.05) is 5.92 Å². The first-order valence-corrected chi connectivity index (χ1v) is 5.06. The monoisotopic (exact) mass is 235 g/mol. The van der Waals surface area contributed by atoms with Crippen molar-refractivity contribution in [2.75, 3.05) is 0 Å². The van der Waals surface area contributed by atoms with E-state index in [-0.39, 0.29) is 18.2 Å². The summed E-state index contributed by atoms with van der Waals surface area (Å²) in [4.78, 5) is 0. The number of aliphatic hydroxyl groups is 1. The van der Waals surface area contributed by atoms with E-state index in [0.29, 0.717) is 5.69 Å². The first-order valence-electron chi connectivity index (χ1n) is 5.06. The zero-order valence-corrected chi connectivity index (χ0v) is 8.70. The molecule has 1 fully saturated rings. The minimum atomic E-state index is -4.34. The standard InChI is InChI=1S/C9H12F3N3O/c1-5(9(10,11)12)15-8(6-2-3-6)7(4-16)13-14-15/h5-6,16H,2-4H2,1H3. The van der Waals surface area contributed by atoms with Crippen molar-refractivity contribution in [1.29, 1.82) is 0 Å². The van der Waals surface area contributed by atoms with Gasteiger partial charge >= 0.3 is 6.18 Å². The number of aromatic nitrogens is 3. The molecule has 0 aliphatic heterocycles. The van der Waals surface area contributed by atoms with Crippen LogP contribution in [0.1, 0.15) is 43.1 Å². The highest BCUT2D eigenvalue weighted by Gasteiger charge is 2.42. The molecule has 0 aromatic carbocycles. The molecule has 1 unspecified atom stereocenters. The number of aliphatic hydroxyl groups excluding tert-OH is 1. The summed E-state index contributed by atoms with van der Waals surface area (Å²) < 4.78 is 38.6. The molecule has 0 bridgehead atoms. The van der Waals surface area contributed by atoms with Crippen molar-refractivity contribution in [3.05, 3.63) is 11.4 Å². The van der Waals surface area contributed by atoms with E-state index in [0.717, 1.165) is 24.4 Å². The molecule has 1 aromatic heterocycles. The van der Waals surface area contributed by atoms with E-state index in [1.165, 1.54) is 0 Å². The van der Waals surface area contributed by atoms with E-state index in [1.807, 2.05) is 0 Å². The zero-order chi connectivity index (χ0) is 11.9. The summed E-state index contributed by atoms with van der Waals surface area (Å²) in [7, 11) is 0. The Hall–Kier alpha value is -1.11. The average molecular weight is 235 g/mol. The van der Waals surface area contributed by atoms with Crippen LogP contribution in [0.15, 0.2) is 0 Å². The molecule has 0 saturated heterocycles. The summed E-state index contributed by atoms with van der Waals surface area (Å²) in [5.74, 6) is 0.0712. The molecular weight excluding hydrogens is 223 g/mol. The van der Waals surface area contributed by atoms with Crippen molar-refractivity contribution in [3.8, 4) is 0 Å². The number of hydrogen-bond acceptors (Lipinski definition) is 3. The molecule has 1 atom stereocenters. The minimum Gasteiger partial charge on any atom is -0.390 e. The number of halogens is 3. The third kappa shape index (κ3) is 1.91. The highest BCUT2D eigenvalue weighted by Crippen LogP contribution is 2.43. The fourth-order valence-corrected chi connectivity index (χ4v) is 1.65. The second kappa shape index (κ2) is 3.73. The Balaban J connectivity index is 2.37. The van der Waals surface area contributed by atoms with Crippen LogP contribution in [0.4, 0.5) is 13.2 Å². The summed E-state index contributed by atoms with van der Waals surface area (Å²) in [6.45, 7) is 0.679.